The van der Waals surface area contributed by atoms with E-state index in [1.165, 1.54) is 87.5 Å². The maximum atomic E-state index is 2.44. The molecule has 0 bridgehead atoms. The van der Waals surface area contributed by atoms with E-state index in [9.17, 15) is 0 Å². The van der Waals surface area contributed by atoms with E-state index in [4.69, 9.17) is 0 Å². The Balaban J connectivity index is 0.937. The van der Waals surface area contributed by atoms with Gasteiger partial charge in [-0.3, -0.25) is 0 Å². The Hall–Kier alpha value is -7.78. The third-order valence-electron chi connectivity index (χ3n) is 14.2. The zero-order valence-electron chi connectivity index (χ0n) is 36.6. The fourth-order valence-corrected chi connectivity index (χ4v) is 16.4. The normalized spacial score (nSPS) is 13.6. The standard InChI is InChI=1S/C63H47NSi/c1-63(2)57-29-15-12-26-54(57)55-42-41-49(43-58(55)63)64(59-30-16-13-25-52(59)46-19-6-3-7-20-46)48-39-37-45(38-40-48)44-33-35-47(36-34-44)53-28-18-32-61-62(53)56-27-14-17-31-60(56)65(61,50-21-8-4-9-22-50)51-23-10-5-11-24-51/h3-43H,1-2H3. The Morgan fingerprint density at radius 1 is 0.323 bits per heavy atom. The second-order valence-corrected chi connectivity index (χ2v) is 21.7. The van der Waals surface area contributed by atoms with Crippen molar-refractivity contribution in [2.45, 2.75) is 19.3 Å². The number of fused-ring (bicyclic) bond motifs is 6. The maximum absolute atomic E-state index is 2.57. The van der Waals surface area contributed by atoms with Gasteiger partial charge in [0.1, 0.15) is 0 Å². The SMILES string of the molecule is CC1(C)c2ccccc2-c2ccc(N(c3ccc(-c4ccc(-c5cccc6c5-c5ccccc5[Si]6(c5ccccc5)c5ccccc5)cc4)cc3)c3ccccc3-c3ccccc3)cc21. The summed E-state index contributed by atoms with van der Waals surface area (Å²) < 4.78 is 0. The Kier molecular flexibility index (Phi) is 9.26. The molecule has 0 saturated heterocycles. The zero-order chi connectivity index (χ0) is 43.5. The molecule has 0 saturated carbocycles. The highest BCUT2D eigenvalue weighted by Crippen LogP contribution is 2.51. The second kappa shape index (κ2) is 15.5. The molecule has 2 aliphatic rings. The van der Waals surface area contributed by atoms with E-state index in [1.807, 2.05) is 0 Å². The highest BCUT2D eigenvalue weighted by molar-refractivity contribution is 7.22. The molecule has 10 aromatic rings. The molecule has 0 amide bonds. The molecule has 0 spiro atoms. The number of anilines is 3. The fourth-order valence-electron chi connectivity index (χ4n) is 11.2. The van der Waals surface area contributed by atoms with Gasteiger partial charge in [-0.1, -0.05) is 232 Å². The van der Waals surface area contributed by atoms with Gasteiger partial charge in [-0.2, -0.15) is 0 Å². The quantitative estimate of drug-likeness (QED) is 0.138. The minimum atomic E-state index is -2.57. The topological polar surface area (TPSA) is 3.24 Å². The lowest BCUT2D eigenvalue weighted by molar-refractivity contribution is 0.660. The molecule has 1 heterocycles. The molecule has 2 heteroatoms. The average molecular weight is 846 g/mol. The number of benzene rings is 10. The molecule has 1 aliphatic carbocycles. The van der Waals surface area contributed by atoms with Crippen molar-refractivity contribution in [2.75, 3.05) is 4.90 Å². The number of hydrogen-bond acceptors (Lipinski definition) is 1. The molecule has 0 N–H and O–H groups in total. The van der Waals surface area contributed by atoms with Gasteiger partial charge in [0.25, 0.3) is 0 Å². The summed E-state index contributed by atoms with van der Waals surface area (Å²) in [6.45, 7) is 4.72. The van der Waals surface area contributed by atoms with E-state index in [-0.39, 0.29) is 5.41 Å². The second-order valence-electron chi connectivity index (χ2n) is 18.0. The molecule has 65 heavy (non-hydrogen) atoms. The van der Waals surface area contributed by atoms with Crippen LogP contribution in [0.25, 0.3) is 55.6 Å². The molecule has 1 nitrogen and oxygen atoms in total. The summed E-state index contributed by atoms with van der Waals surface area (Å²) in [5.41, 5.74) is 18.7. The van der Waals surface area contributed by atoms with E-state index in [0.717, 1.165) is 17.1 Å². The molecule has 1 aliphatic heterocycles. The highest BCUT2D eigenvalue weighted by atomic mass is 28.3. The average Bonchev–Trinajstić information content (AvgIpc) is 3.81. The van der Waals surface area contributed by atoms with Crippen LogP contribution in [0.5, 0.6) is 0 Å². The van der Waals surface area contributed by atoms with Crippen LogP contribution in [0, 0.1) is 0 Å². The fraction of sp³-hybridized carbons (Fsp3) is 0.0476. The number of rotatable bonds is 8. The molecule has 0 fully saturated rings. The summed E-state index contributed by atoms with van der Waals surface area (Å²) in [5, 5.41) is 5.76. The van der Waals surface area contributed by atoms with Crippen LogP contribution in [-0.2, 0) is 5.41 Å². The van der Waals surface area contributed by atoms with Gasteiger partial charge in [0.15, 0.2) is 8.07 Å². The molecule has 0 aromatic heterocycles. The van der Waals surface area contributed by atoms with Crippen LogP contribution in [0.2, 0.25) is 0 Å². The van der Waals surface area contributed by atoms with Crippen LogP contribution in [0.1, 0.15) is 25.0 Å². The molecule has 12 rings (SSSR count). The van der Waals surface area contributed by atoms with Crippen LogP contribution >= 0.6 is 0 Å². The monoisotopic (exact) mass is 845 g/mol. The van der Waals surface area contributed by atoms with Crippen molar-refractivity contribution in [1.82, 2.24) is 0 Å². The summed E-state index contributed by atoms with van der Waals surface area (Å²) in [5.74, 6) is 0. The van der Waals surface area contributed by atoms with Crippen LogP contribution in [0.15, 0.2) is 249 Å². The third kappa shape index (κ3) is 6.13. The predicted molar refractivity (Wildman–Crippen MR) is 278 cm³/mol. The third-order valence-corrected chi connectivity index (χ3v) is 19.1. The first-order valence-electron chi connectivity index (χ1n) is 22.8. The van der Waals surface area contributed by atoms with E-state index in [0.29, 0.717) is 0 Å². The van der Waals surface area contributed by atoms with Crippen molar-refractivity contribution in [3.8, 4) is 55.6 Å². The largest absolute Gasteiger partial charge is 0.310 e. The van der Waals surface area contributed by atoms with Gasteiger partial charge in [0.05, 0.1) is 5.69 Å². The Bertz CT molecular complexity index is 3330. The van der Waals surface area contributed by atoms with Crippen LogP contribution < -0.4 is 25.6 Å². The van der Waals surface area contributed by atoms with Gasteiger partial charge in [0, 0.05) is 22.4 Å². The van der Waals surface area contributed by atoms with Gasteiger partial charge in [0.2, 0.25) is 0 Å². The number of nitrogens with zero attached hydrogens (tertiary/aromatic N) is 1. The minimum absolute atomic E-state index is 0.110. The van der Waals surface area contributed by atoms with E-state index < -0.39 is 8.07 Å². The lowest BCUT2D eigenvalue weighted by Gasteiger charge is -2.31. The van der Waals surface area contributed by atoms with E-state index in [1.54, 1.807) is 0 Å². The Morgan fingerprint density at radius 2 is 0.800 bits per heavy atom. The van der Waals surface area contributed by atoms with Crippen molar-refractivity contribution in [1.29, 1.82) is 0 Å². The predicted octanol–water partition coefficient (Wildman–Crippen LogP) is 13.8. The smallest absolute Gasteiger partial charge is 0.180 e. The van der Waals surface area contributed by atoms with Gasteiger partial charge in [-0.25, -0.2) is 0 Å². The summed E-state index contributed by atoms with van der Waals surface area (Å²) >= 11 is 0. The summed E-state index contributed by atoms with van der Waals surface area (Å²) in [7, 11) is -2.57. The molecular formula is C63H47NSi. The van der Waals surface area contributed by atoms with Crippen molar-refractivity contribution >= 4 is 45.9 Å². The van der Waals surface area contributed by atoms with Crippen LogP contribution in [0.3, 0.4) is 0 Å². The van der Waals surface area contributed by atoms with E-state index in [2.05, 4.69) is 267 Å². The first-order chi connectivity index (χ1) is 32.0. The lowest BCUT2D eigenvalue weighted by atomic mass is 9.82. The first-order valence-corrected chi connectivity index (χ1v) is 24.8. The number of para-hydroxylation sites is 1. The molecule has 0 unspecified atom stereocenters. The maximum Gasteiger partial charge on any atom is 0.180 e. The van der Waals surface area contributed by atoms with Gasteiger partial charge < -0.3 is 4.90 Å². The molecule has 308 valence electrons. The first kappa shape index (κ1) is 38.9. The number of hydrogen-bond donors (Lipinski definition) is 0. The van der Waals surface area contributed by atoms with Crippen molar-refractivity contribution in [2.24, 2.45) is 0 Å². The lowest BCUT2D eigenvalue weighted by Crippen LogP contribution is -2.72. The zero-order valence-corrected chi connectivity index (χ0v) is 37.6. The van der Waals surface area contributed by atoms with Crippen LogP contribution in [-0.4, -0.2) is 8.07 Å². The van der Waals surface area contributed by atoms with Gasteiger partial charge >= 0.3 is 0 Å². The summed E-state index contributed by atoms with van der Waals surface area (Å²) in [6, 6.07) is 92.6. The summed E-state index contributed by atoms with van der Waals surface area (Å²) in [6.07, 6.45) is 0. The van der Waals surface area contributed by atoms with Crippen molar-refractivity contribution < 1.29 is 0 Å². The minimum Gasteiger partial charge on any atom is -0.310 e. The molecule has 10 aromatic carbocycles. The Morgan fingerprint density at radius 3 is 1.49 bits per heavy atom. The van der Waals surface area contributed by atoms with Gasteiger partial charge in [-0.15, -0.1) is 0 Å². The molecule has 0 radical (unpaired) electrons. The molecular weight excluding hydrogens is 799 g/mol. The highest BCUT2D eigenvalue weighted by Gasteiger charge is 2.49. The molecule has 0 atom stereocenters. The van der Waals surface area contributed by atoms with Crippen LogP contribution in [0.4, 0.5) is 17.1 Å². The Labute approximate surface area is 383 Å². The summed E-state index contributed by atoms with van der Waals surface area (Å²) in [4.78, 5) is 2.44. The van der Waals surface area contributed by atoms with Crippen molar-refractivity contribution in [3.63, 3.8) is 0 Å². The van der Waals surface area contributed by atoms with E-state index >= 15 is 0 Å². The van der Waals surface area contributed by atoms with Gasteiger partial charge in [-0.05, 0) is 112 Å². The van der Waals surface area contributed by atoms with Crippen molar-refractivity contribution in [3.05, 3.63) is 260 Å².